The summed E-state index contributed by atoms with van der Waals surface area (Å²) in [4.78, 5) is 0.866. The Balaban J connectivity index is 2.47. The molecule has 0 unspecified atom stereocenters. The van der Waals surface area contributed by atoms with E-state index in [-0.39, 0.29) is 5.84 Å². The van der Waals surface area contributed by atoms with Crippen LogP contribution in [-0.2, 0) is 7.05 Å². The molecule has 0 aliphatic heterocycles. The first-order valence-electron chi connectivity index (χ1n) is 5.11. The van der Waals surface area contributed by atoms with E-state index in [2.05, 4.69) is 20.7 Å². The molecule has 0 amide bonds. The second-order valence-corrected chi connectivity index (χ2v) is 4.60. The van der Waals surface area contributed by atoms with E-state index in [0.29, 0.717) is 10.7 Å². The summed E-state index contributed by atoms with van der Waals surface area (Å²) in [6.45, 7) is 1.94. The predicted octanol–water partition coefficient (Wildman–Crippen LogP) is 0.764. The molecule has 0 aliphatic carbocycles. The monoisotopic (exact) mass is 264 g/mol. The quantitative estimate of drug-likeness (QED) is 0.367. The molecule has 0 spiro atoms. The zero-order valence-corrected chi connectivity index (χ0v) is 10.7. The zero-order chi connectivity index (χ0) is 13.1. The zero-order valence-electron chi connectivity index (χ0n) is 9.90. The number of hydrogen-bond donors (Lipinski definition) is 2. The van der Waals surface area contributed by atoms with Gasteiger partial charge in [0, 0.05) is 17.5 Å². The highest BCUT2D eigenvalue weighted by Crippen LogP contribution is 2.31. The summed E-state index contributed by atoms with van der Waals surface area (Å²) < 4.78 is 1.56. The van der Waals surface area contributed by atoms with Crippen molar-refractivity contribution < 1.29 is 5.21 Å². The van der Waals surface area contributed by atoms with Crippen LogP contribution in [0.5, 0.6) is 0 Å². The van der Waals surface area contributed by atoms with Crippen LogP contribution in [0.1, 0.15) is 11.1 Å². The predicted molar refractivity (Wildman–Crippen MR) is 66.6 cm³/mol. The van der Waals surface area contributed by atoms with Crippen LogP contribution < -0.4 is 5.73 Å². The van der Waals surface area contributed by atoms with Crippen molar-refractivity contribution in [3.8, 4) is 0 Å². The summed E-state index contributed by atoms with van der Waals surface area (Å²) in [6, 6.07) is 5.58. The van der Waals surface area contributed by atoms with Gasteiger partial charge in [-0.1, -0.05) is 17.3 Å². The minimum atomic E-state index is 0.0660. The van der Waals surface area contributed by atoms with Gasteiger partial charge in [-0.2, -0.15) is 0 Å². The number of benzene rings is 1. The Morgan fingerprint density at radius 3 is 2.89 bits per heavy atom. The highest BCUT2D eigenvalue weighted by molar-refractivity contribution is 7.99. The van der Waals surface area contributed by atoms with Crippen LogP contribution in [0.4, 0.5) is 0 Å². The Labute approximate surface area is 108 Å². The van der Waals surface area contributed by atoms with Gasteiger partial charge < -0.3 is 10.9 Å². The number of nitrogens with two attached hydrogens (primary N) is 1. The first kappa shape index (κ1) is 12.4. The molecule has 18 heavy (non-hydrogen) atoms. The Morgan fingerprint density at radius 1 is 1.50 bits per heavy atom. The third kappa shape index (κ3) is 2.28. The maximum absolute atomic E-state index is 8.79. The lowest BCUT2D eigenvalue weighted by molar-refractivity contribution is 0.318. The standard InChI is InChI=1S/C10H12N6OS/c1-6-4-3-5-7(9(11)13-17)8(6)18-10-12-14-15-16(10)2/h3-5,17H,1-2H3,(H2,11,13). The van der Waals surface area contributed by atoms with Gasteiger partial charge in [-0.05, 0) is 40.7 Å². The molecule has 0 saturated carbocycles. The second-order valence-electron chi connectivity index (χ2n) is 3.62. The fraction of sp³-hybridized carbons (Fsp3) is 0.200. The molecule has 8 heteroatoms. The van der Waals surface area contributed by atoms with Crippen molar-refractivity contribution in [2.75, 3.05) is 0 Å². The SMILES string of the molecule is Cc1cccc(/C(N)=N/O)c1Sc1nnnn1C. The molecule has 0 atom stereocenters. The average Bonchev–Trinajstić information content (AvgIpc) is 2.76. The minimum absolute atomic E-state index is 0.0660. The number of rotatable bonds is 3. The first-order chi connectivity index (χ1) is 8.63. The molecule has 0 aliphatic rings. The second kappa shape index (κ2) is 5.05. The van der Waals surface area contributed by atoms with Crippen LogP contribution >= 0.6 is 11.8 Å². The molecular formula is C10H12N6OS. The number of tetrazole rings is 1. The summed E-state index contributed by atoms with van der Waals surface area (Å²) in [7, 11) is 1.75. The van der Waals surface area contributed by atoms with Crippen molar-refractivity contribution >= 4 is 17.6 Å². The van der Waals surface area contributed by atoms with Crippen molar-refractivity contribution in [2.24, 2.45) is 17.9 Å². The smallest absolute Gasteiger partial charge is 0.213 e. The van der Waals surface area contributed by atoms with Crippen molar-refractivity contribution in [3.63, 3.8) is 0 Å². The Kier molecular flexibility index (Phi) is 3.47. The third-order valence-electron chi connectivity index (χ3n) is 2.37. The van der Waals surface area contributed by atoms with E-state index < -0.39 is 0 Å². The fourth-order valence-corrected chi connectivity index (χ4v) is 2.38. The first-order valence-corrected chi connectivity index (χ1v) is 5.93. The number of aromatic nitrogens is 4. The molecule has 1 aromatic heterocycles. The summed E-state index contributed by atoms with van der Waals surface area (Å²) in [6.07, 6.45) is 0. The molecule has 0 bridgehead atoms. The highest BCUT2D eigenvalue weighted by Gasteiger charge is 2.14. The topological polar surface area (TPSA) is 102 Å². The number of hydrogen-bond acceptors (Lipinski definition) is 6. The maximum atomic E-state index is 8.79. The van der Waals surface area contributed by atoms with Crippen LogP contribution in [-0.4, -0.2) is 31.3 Å². The van der Waals surface area contributed by atoms with Gasteiger partial charge in [-0.15, -0.1) is 5.10 Å². The summed E-state index contributed by atoms with van der Waals surface area (Å²) in [5, 5.41) is 23.7. The largest absolute Gasteiger partial charge is 0.409 e. The van der Waals surface area contributed by atoms with Crippen molar-refractivity contribution in [3.05, 3.63) is 29.3 Å². The molecule has 2 rings (SSSR count). The maximum Gasteiger partial charge on any atom is 0.213 e. The Morgan fingerprint density at radius 2 is 2.28 bits per heavy atom. The van der Waals surface area contributed by atoms with Crippen LogP contribution in [0.25, 0.3) is 0 Å². The van der Waals surface area contributed by atoms with E-state index in [1.807, 2.05) is 19.1 Å². The van der Waals surface area contributed by atoms with E-state index >= 15 is 0 Å². The molecule has 0 radical (unpaired) electrons. The van der Waals surface area contributed by atoms with Gasteiger partial charge >= 0.3 is 0 Å². The van der Waals surface area contributed by atoms with Gasteiger partial charge in [0.25, 0.3) is 0 Å². The number of oxime groups is 1. The Bertz CT molecular complexity index is 594. The molecule has 0 saturated heterocycles. The van der Waals surface area contributed by atoms with Gasteiger partial charge in [0.1, 0.15) is 0 Å². The van der Waals surface area contributed by atoms with Gasteiger partial charge in [0.15, 0.2) is 5.84 Å². The normalized spacial score (nSPS) is 11.8. The Hall–Kier alpha value is -2.09. The van der Waals surface area contributed by atoms with Crippen molar-refractivity contribution in [1.82, 2.24) is 20.2 Å². The van der Waals surface area contributed by atoms with Gasteiger partial charge in [0.05, 0.1) is 0 Å². The lowest BCUT2D eigenvalue weighted by atomic mass is 10.1. The van der Waals surface area contributed by atoms with Gasteiger partial charge in [0.2, 0.25) is 5.16 Å². The third-order valence-corrected chi connectivity index (χ3v) is 3.64. The number of amidine groups is 1. The van der Waals surface area contributed by atoms with Crippen molar-refractivity contribution in [2.45, 2.75) is 17.0 Å². The molecule has 0 fully saturated rings. The molecule has 1 aromatic carbocycles. The average molecular weight is 264 g/mol. The molecule has 3 N–H and O–H groups in total. The van der Waals surface area contributed by atoms with Crippen LogP contribution in [0.2, 0.25) is 0 Å². The van der Waals surface area contributed by atoms with E-state index in [1.54, 1.807) is 17.8 Å². The van der Waals surface area contributed by atoms with Crippen LogP contribution in [0.15, 0.2) is 33.4 Å². The molecule has 94 valence electrons. The van der Waals surface area contributed by atoms with E-state index in [9.17, 15) is 0 Å². The van der Waals surface area contributed by atoms with Crippen LogP contribution in [0.3, 0.4) is 0 Å². The molecule has 7 nitrogen and oxygen atoms in total. The lowest BCUT2D eigenvalue weighted by Gasteiger charge is -2.09. The molecular weight excluding hydrogens is 252 g/mol. The summed E-state index contributed by atoms with van der Waals surface area (Å²) in [5.41, 5.74) is 7.32. The van der Waals surface area contributed by atoms with Crippen LogP contribution in [0, 0.1) is 6.92 Å². The molecule has 1 heterocycles. The highest BCUT2D eigenvalue weighted by atomic mass is 32.2. The fourth-order valence-electron chi connectivity index (χ4n) is 1.44. The number of nitrogens with zero attached hydrogens (tertiary/aromatic N) is 5. The van der Waals surface area contributed by atoms with E-state index in [1.165, 1.54) is 11.8 Å². The molecule has 2 aromatic rings. The van der Waals surface area contributed by atoms with E-state index in [4.69, 9.17) is 10.9 Å². The minimum Gasteiger partial charge on any atom is -0.409 e. The van der Waals surface area contributed by atoms with Gasteiger partial charge in [-0.3, -0.25) is 0 Å². The number of aryl methyl sites for hydroxylation is 2. The van der Waals surface area contributed by atoms with E-state index in [0.717, 1.165) is 10.5 Å². The summed E-state index contributed by atoms with van der Waals surface area (Å²) in [5.74, 6) is 0.0660. The van der Waals surface area contributed by atoms with Crippen molar-refractivity contribution in [1.29, 1.82) is 0 Å². The lowest BCUT2D eigenvalue weighted by Crippen LogP contribution is -2.14. The summed E-state index contributed by atoms with van der Waals surface area (Å²) >= 11 is 1.37. The van der Waals surface area contributed by atoms with Gasteiger partial charge in [-0.25, -0.2) is 4.68 Å².